The lowest BCUT2D eigenvalue weighted by Gasteiger charge is -2.07. The molecule has 0 spiro atoms. The molecular weight excluding hydrogens is 227 g/mol. The molecule has 0 bridgehead atoms. The molecule has 0 saturated heterocycles. The van der Waals surface area contributed by atoms with Crippen LogP contribution >= 0.6 is 0 Å². The van der Waals surface area contributed by atoms with Gasteiger partial charge in [0.1, 0.15) is 5.69 Å². The number of aromatic nitrogens is 2. The van der Waals surface area contributed by atoms with Crippen molar-refractivity contribution >= 4 is 5.91 Å². The minimum atomic E-state index is -4.49. The second kappa shape index (κ2) is 4.88. The van der Waals surface area contributed by atoms with E-state index in [1.165, 1.54) is 6.20 Å². The van der Waals surface area contributed by atoms with Crippen LogP contribution in [-0.2, 0) is 4.84 Å². The molecule has 5 nitrogen and oxygen atoms in total. The van der Waals surface area contributed by atoms with Gasteiger partial charge in [-0.15, -0.1) is 0 Å². The highest BCUT2D eigenvalue weighted by atomic mass is 19.4. The van der Waals surface area contributed by atoms with Crippen LogP contribution in [0.3, 0.4) is 0 Å². The van der Waals surface area contributed by atoms with E-state index in [0.29, 0.717) is 5.69 Å². The van der Waals surface area contributed by atoms with Gasteiger partial charge in [-0.2, -0.15) is 13.2 Å². The average Bonchev–Trinajstić information content (AvgIpc) is 2.16. The van der Waals surface area contributed by atoms with Crippen molar-refractivity contribution in [2.75, 3.05) is 6.61 Å². The second-order valence-electron chi connectivity index (χ2n) is 2.88. The summed E-state index contributed by atoms with van der Waals surface area (Å²) in [5, 5.41) is 0. The van der Waals surface area contributed by atoms with Gasteiger partial charge in [-0.25, -0.2) is 10.5 Å². The Kier molecular flexibility index (Phi) is 3.78. The van der Waals surface area contributed by atoms with Gasteiger partial charge in [-0.1, -0.05) is 0 Å². The van der Waals surface area contributed by atoms with E-state index < -0.39 is 18.7 Å². The van der Waals surface area contributed by atoms with Crippen LogP contribution in [0.1, 0.15) is 16.2 Å². The number of nitrogens with one attached hydrogen (secondary N) is 1. The molecule has 1 aromatic rings. The van der Waals surface area contributed by atoms with E-state index in [0.717, 1.165) is 6.20 Å². The number of halogens is 3. The molecule has 0 fully saturated rings. The number of rotatable bonds is 3. The van der Waals surface area contributed by atoms with Crippen molar-refractivity contribution < 1.29 is 22.8 Å². The Labute approximate surface area is 88.6 Å². The van der Waals surface area contributed by atoms with Gasteiger partial charge < -0.3 is 0 Å². The third kappa shape index (κ3) is 4.22. The molecule has 0 aliphatic heterocycles. The summed E-state index contributed by atoms with van der Waals surface area (Å²) in [6.45, 7) is 0.104. The summed E-state index contributed by atoms with van der Waals surface area (Å²) in [6, 6.07) is 0. The summed E-state index contributed by atoms with van der Waals surface area (Å²) in [7, 11) is 0. The van der Waals surface area contributed by atoms with Crippen molar-refractivity contribution in [1.29, 1.82) is 0 Å². The molecule has 0 aromatic carbocycles. The van der Waals surface area contributed by atoms with E-state index in [4.69, 9.17) is 0 Å². The monoisotopic (exact) mass is 235 g/mol. The smallest absolute Gasteiger partial charge is 0.265 e. The van der Waals surface area contributed by atoms with Crippen LogP contribution in [0.2, 0.25) is 0 Å². The number of carbonyl (C=O) groups is 1. The number of carbonyl (C=O) groups excluding carboxylic acids is 1. The first-order valence-corrected chi connectivity index (χ1v) is 4.16. The lowest BCUT2D eigenvalue weighted by molar-refractivity contribution is -0.184. The molecule has 0 saturated carbocycles. The fourth-order valence-electron chi connectivity index (χ4n) is 0.746. The maximum absolute atomic E-state index is 11.7. The zero-order valence-corrected chi connectivity index (χ0v) is 8.21. The summed E-state index contributed by atoms with van der Waals surface area (Å²) in [5.74, 6) is -0.878. The molecule has 1 aromatic heterocycles. The van der Waals surface area contributed by atoms with Gasteiger partial charge in [-0.3, -0.25) is 14.6 Å². The van der Waals surface area contributed by atoms with Gasteiger partial charge in [0.2, 0.25) is 0 Å². The number of alkyl halides is 3. The molecule has 1 amide bonds. The number of hydroxylamine groups is 1. The van der Waals surface area contributed by atoms with Crippen LogP contribution in [-0.4, -0.2) is 28.7 Å². The zero-order chi connectivity index (χ0) is 12.2. The number of aryl methyl sites for hydroxylation is 1. The highest BCUT2D eigenvalue weighted by Crippen LogP contribution is 2.13. The third-order valence-corrected chi connectivity index (χ3v) is 1.41. The summed E-state index contributed by atoms with van der Waals surface area (Å²) < 4.78 is 35.0. The molecule has 16 heavy (non-hydrogen) atoms. The molecule has 1 heterocycles. The minimum absolute atomic E-state index is 0.118. The molecule has 0 aliphatic carbocycles. The first-order chi connectivity index (χ1) is 7.38. The van der Waals surface area contributed by atoms with Crippen LogP contribution in [0.5, 0.6) is 0 Å². The zero-order valence-electron chi connectivity index (χ0n) is 8.21. The van der Waals surface area contributed by atoms with Gasteiger partial charge in [0.05, 0.1) is 11.9 Å². The molecule has 1 N–H and O–H groups in total. The lowest BCUT2D eigenvalue weighted by Crippen LogP contribution is -2.30. The maximum atomic E-state index is 11.7. The largest absolute Gasteiger partial charge is 0.414 e. The van der Waals surface area contributed by atoms with Gasteiger partial charge >= 0.3 is 6.18 Å². The van der Waals surface area contributed by atoms with Gasteiger partial charge in [-0.05, 0) is 6.92 Å². The molecule has 88 valence electrons. The molecule has 0 atom stereocenters. The number of nitrogens with zero attached hydrogens (tertiary/aromatic N) is 2. The molecule has 8 heteroatoms. The van der Waals surface area contributed by atoms with Crippen LogP contribution in [0.15, 0.2) is 12.4 Å². The van der Waals surface area contributed by atoms with E-state index in [1.54, 1.807) is 12.4 Å². The Balaban J connectivity index is 2.44. The maximum Gasteiger partial charge on any atom is 0.414 e. The highest BCUT2D eigenvalue weighted by molar-refractivity contribution is 5.91. The van der Waals surface area contributed by atoms with E-state index in [1.807, 2.05) is 0 Å². The topological polar surface area (TPSA) is 64.1 Å². The van der Waals surface area contributed by atoms with Crippen molar-refractivity contribution in [2.24, 2.45) is 0 Å². The van der Waals surface area contributed by atoms with Crippen molar-refractivity contribution in [3.05, 3.63) is 23.8 Å². The van der Waals surface area contributed by atoms with Crippen LogP contribution < -0.4 is 5.48 Å². The second-order valence-corrected chi connectivity index (χ2v) is 2.88. The first-order valence-electron chi connectivity index (χ1n) is 4.16. The number of amides is 1. The van der Waals surface area contributed by atoms with E-state index in [-0.39, 0.29) is 5.69 Å². The van der Waals surface area contributed by atoms with Gasteiger partial charge in [0, 0.05) is 6.20 Å². The molecular formula is C8H8F3N3O2. The summed E-state index contributed by atoms with van der Waals surface area (Å²) in [6.07, 6.45) is -2.04. The van der Waals surface area contributed by atoms with Crippen molar-refractivity contribution in [3.8, 4) is 0 Å². The van der Waals surface area contributed by atoms with Crippen molar-refractivity contribution in [3.63, 3.8) is 0 Å². The fourth-order valence-corrected chi connectivity index (χ4v) is 0.746. The summed E-state index contributed by atoms with van der Waals surface area (Å²) >= 11 is 0. The quantitative estimate of drug-likeness (QED) is 0.794. The van der Waals surface area contributed by atoms with Crippen LogP contribution in [0, 0.1) is 6.92 Å². The Bertz CT molecular complexity index is 364. The average molecular weight is 235 g/mol. The van der Waals surface area contributed by atoms with Crippen molar-refractivity contribution in [2.45, 2.75) is 13.1 Å². The van der Waals surface area contributed by atoms with E-state index in [2.05, 4.69) is 14.8 Å². The van der Waals surface area contributed by atoms with E-state index >= 15 is 0 Å². The van der Waals surface area contributed by atoms with Gasteiger partial charge in [0.15, 0.2) is 6.61 Å². The predicted molar refractivity (Wildman–Crippen MR) is 46.2 cm³/mol. The van der Waals surface area contributed by atoms with Crippen molar-refractivity contribution in [1.82, 2.24) is 15.4 Å². The Morgan fingerprint density at radius 2 is 2.12 bits per heavy atom. The normalized spacial score (nSPS) is 11.2. The Morgan fingerprint density at radius 1 is 1.44 bits per heavy atom. The summed E-state index contributed by atoms with van der Waals surface area (Å²) in [5.41, 5.74) is 2.09. The Hall–Kier alpha value is -1.70. The minimum Gasteiger partial charge on any atom is -0.265 e. The van der Waals surface area contributed by atoms with Crippen LogP contribution in [0.4, 0.5) is 13.2 Å². The predicted octanol–water partition coefficient (Wildman–Crippen LogP) is 1.01. The Morgan fingerprint density at radius 3 is 2.62 bits per heavy atom. The first kappa shape index (κ1) is 12.4. The molecule has 0 unspecified atom stereocenters. The SMILES string of the molecule is Cc1cnc(C(=O)NOCC(F)(F)F)cn1. The van der Waals surface area contributed by atoms with Gasteiger partial charge in [0.25, 0.3) is 5.91 Å². The fraction of sp³-hybridized carbons (Fsp3) is 0.375. The lowest BCUT2D eigenvalue weighted by atomic mass is 10.4. The molecule has 1 rings (SSSR count). The highest BCUT2D eigenvalue weighted by Gasteiger charge is 2.28. The van der Waals surface area contributed by atoms with Crippen LogP contribution in [0.25, 0.3) is 0 Å². The molecule has 0 radical (unpaired) electrons. The standard InChI is InChI=1S/C8H8F3N3O2/c1-5-2-13-6(3-12-5)7(15)14-16-4-8(9,10)11/h2-3H,4H2,1H3,(H,14,15). The summed E-state index contributed by atoms with van der Waals surface area (Å²) in [4.78, 5) is 22.5. The molecule has 0 aliphatic rings. The number of hydrogen-bond acceptors (Lipinski definition) is 4. The number of hydrogen-bond donors (Lipinski definition) is 1. The third-order valence-electron chi connectivity index (χ3n) is 1.41. The van der Waals surface area contributed by atoms with E-state index in [9.17, 15) is 18.0 Å².